The summed E-state index contributed by atoms with van der Waals surface area (Å²) in [6.07, 6.45) is -12.9. The number of carbonyl (C=O) groups is 2. The third kappa shape index (κ3) is 15.9. The lowest BCUT2D eigenvalue weighted by Crippen LogP contribution is -2.29. The van der Waals surface area contributed by atoms with Crippen LogP contribution in [0.4, 0.5) is 26.3 Å². The lowest BCUT2D eigenvalue weighted by molar-refractivity contribution is -0.154. The van der Waals surface area contributed by atoms with Crippen LogP contribution in [0.15, 0.2) is 57.5 Å². The van der Waals surface area contributed by atoms with E-state index in [-0.39, 0.29) is 83.0 Å². The molecule has 0 aliphatic rings. The van der Waals surface area contributed by atoms with Crippen LogP contribution in [-0.4, -0.2) is 93.2 Å². The first-order valence-corrected chi connectivity index (χ1v) is 20.1. The van der Waals surface area contributed by atoms with Crippen molar-refractivity contribution in [1.29, 1.82) is 0 Å². The van der Waals surface area contributed by atoms with Crippen molar-refractivity contribution in [2.75, 3.05) is 26.3 Å². The topological polar surface area (TPSA) is 202 Å². The minimum atomic E-state index is -4.67. The van der Waals surface area contributed by atoms with Crippen LogP contribution in [0.1, 0.15) is 46.2 Å². The van der Waals surface area contributed by atoms with E-state index in [1.54, 1.807) is 24.3 Å². The predicted molar refractivity (Wildman–Crippen MR) is 217 cm³/mol. The number of nitrogens with one attached hydrogen (secondary N) is 2. The van der Waals surface area contributed by atoms with E-state index in [4.69, 9.17) is 29.2 Å². The van der Waals surface area contributed by atoms with Crippen molar-refractivity contribution in [3.05, 3.63) is 90.9 Å². The number of hydrogen-bond donors (Lipinski definition) is 6. The number of halogens is 8. The van der Waals surface area contributed by atoms with Crippen molar-refractivity contribution in [2.45, 2.75) is 77.6 Å². The number of carboxylic acids is 2. The normalized spacial score (nSPS) is 12.8. The van der Waals surface area contributed by atoms with E-state index in [9.17, 15) is 46.1 Å². The molecule has 0 aliphatic heterocycles. The van der Waals surface area contributed by atoms with Gasteiger partial charge in [0, 0.05) is 37.3 Å². The summed E-state index contributed by atoms with van der Waals surface area (Å²) in [5, 5.41) is 43.0. The summed E-state index contributed by atoms with van der Waals surface area (Å²) in [5.74, 6) is -3.34. The van der Waals surface area contributed by atoms with E-state index >= 15 is 0 Å². The zero-order valence-electron chi connectivity index (χ0n) is 33.0. The fraction of sp³-hybridized carbons (Fsp3) is 0.400. The van der Waals surface area contributed by atoms with Crippen molar-refractivity contribution in [1.82, 2.24) is 20.6 Å². The Morgan fingerprint density at radius 2 is 1.00 bits per heavy atom. The molecule has 0 bridgehead atoms. The number of ether oxygens (including phenoxy) is 4. The maximum absolute atomic E-state index is 13.1. The maximum atomic E-state index is 13.1. The van der Waals surface area contributed by atoms with Crippen molar-refractivity contribution in [2.24, 2.45) is 0 Å². The van der Waals surface area contributed by atoms with Crippen LogP contribution in [0.5, 0.6) is 23.5 Å². The van der Waals surface area contributed by atoms with E-state index in [0.29, 0.717) is 11.1 Å². The number of aliphatic carboxylic acids is 2. The van der Waals surface area contributed by atoms with E-state index in [0.717, 1.165) is 22.3 Å². The largest absolute Gasteiger partial charge is 0.481 e. The number of hydrogen-bond acceptors (Lipinski definition) is 12. The van der Waals surface area contributed by atoms with Crippen LogP contribution < -0.4 is 29.6 Å². The van der Waals surface area contributed by atoms with Crippen molar-refractivity contribution in [3.8, 4) is 34.6 Å². The van der Waals surface area contributed by atoms with Crippen molar-refractivity contribution in [3.63, 3.8) is 0 Å². The highest BCUT2D eigenvalue weighted by Crippen LogP contribution is 2.35. The van der Waals surface area contributed by atoms with Crippen LogP contribution >= 0.6 is 31.9 Å². The number of aliphatic hydroxyl groups is 2. The maximum Gasteiger partial charge on any atom is 0.422 e. The molecule has 6 N–H and O–H groups in total. The van der Waals surface area contributed by atoms with Gasteiger partial charge in [0.2, 0.25) is 23.5 Å². The minimum absolute atomic E-state index is 0.0579. The third-order valence-electron chi connectivity index (χ3n) is 8.83. The lowest BCUT2D eigenvalue weighted by Gasteiger charge is -2.18. The second-order valence-corrected chi connectivity index (χ2v) is 15.5. The van der Waals surface area contributed by atoms with Crippen LogP contribution in [0.25, 0.3) is 11.1 Å². The molecule has 2 aromatic heterocycles. The number of alkyl halides is 6. The number of carboxylic acid groups (broad SMARTS) is 2. The molecule has 2 atom stereocenters. The Balaban J connectivity index is 1.51. The van der Waals surface area contributed by atoms with Gasteiger partial charge in [0.1, 0.15) is 13.2 Å². The molecule has 62 heavy (non-hydrogen) atoms. The Kier molecular flexibility index (Phi) is 18.2. The summed E-state index contributed by atoms with van der Waals surface area (Å²) in [4.78, 5) is 30.1. The van der Waals surface area contributed by atoms with Crippen LogP contribution in [0, 0.1) is 13.8 Å². The van der Waals surface area contributed by atoms with E-state index in [1.807, 2.05) is 26.0 Å². The number of nitrogens with zero attached hydrogens (tertiary/aromatic N) is 2. The van der Waals surface area contributed by atoms with Crippen LogP contribution in [0.2, 0.25) is 0 Å². The molecule has 2 aromatic carbocycles. The highest BCUT2D eigenvalue weighted by Gasteiger charge is 2.31. The Bertz CT molecular complexity index is 2030. The Labute approximate surface area is 367 Å². The highest BCUT2D eigenvalue weighted by molar-refractivity contribution is 9.10. The van der Waals surface area contributed by atoms with Gasteiger partial charge in [0.15, 0.2) is 13.2 Å². The van der Waals surface area contributed by atoms with Gasteiger partial charge in [-0.3, -0.25) is 9.59 Å². The standard InChI is InChI=1S/C40H42Br2F6N4O10/c1-21-23(17-59-37-31(41)9-25(13-49-15-27(53)11-33(55)56)35(51-37)61-19-39(43,44)45)5-3-7-29(21)30-8-4-6-24(22(30)2)18-60-38-32(42)10-26(14-50-16-28(54)12-34(57)58)36(52-38)62-20-40(46,47)48/h3-10,27-28,49-50,53-54H,11-20H2,1-2H3,(H,55,56)(H,57,58). The third-order valence-corrected chi connectivity index (χ3v) is 9.97. The zero-order valence-corrected chi connectivity index (χ0v) is 36.2. The molecule has 14 nitrogen and oxygen atoms in total. The summed E-state index contributed by atoms with van der Waals surface area (Å²) >= 11 is 6.69. The molecule has 0 saturated heterocycles. The lowest BCUT2D eigenvalue weighted by atomic mass is 9.92. The summed E-state index contributed by atoms with van der Waals surface area (Å²) < 4.78 is 101. The fourth-order valence-electron chi connectivity index (χ4n) is 5.84. The monoisotopic (exact) mass is 1010 g/mol. The second kappa shape index (κ2) is 22.6. The summed E-state index contributed by atoms with van der Waals surface area (Å²) in [7, 11) is 0. The first kappa shape index (κ1) is 49.9. The number of rotatable bonds is 23. The average Bonchev–Trinajstić information content (AvgIpc) is 3.16. The SMILES string of the molecule is Cc1c(COc2nc(OCC(F)(F)F)c(CNCC(O)CC(=O)O)cc2Br)cccc1-c1cccc(COc2nc(OCC(F)(F)F)c(CNCC(O)CC(=O)O)cc2Br)c1C. The molecule has 0 radical (unpaired) electrons. The number of pyridine rings is 2. The molecular formula is C40H42Br2F6N4O10. The first-order chi connectivity index (χ1) is 29.1. The highest BCUT2D eigenvalue weighted by atomic mass is 79.9. The van der Waals surface area contributed by atoms with Gasteiger partial charge >= 0.3 is 24.3 Å². The Morgan fingerprint density at radius 3 is 1.34 bits per heavy atom. The van der Waals surface area contributed by atoms with Gasteiger partial charge in [0.25, 0.3) is 0 Å². The van der Waals surface area contributed by atoms with Gasteiger partial charge in [-0.15, -0.1) is 0 Å². The van der Waals surface area contributed by atoms with E-state index in [1.165, 1.54) is 12.1 Å². The Morgan fingerprint density at radius 1 is 0.629 bits per heavy atom. The van der Waals surface area contributed by atoms with Gasteiger partial charge in [0.05, 0.1) is 34.0 Å². The second-order valence-electron chi connectivity index (χ2n) is 13.8. The number of benzene rings is 2. The van der Waals surface area contributed by atoms with Crippen molar-refractivity contribution >= 4 is 43.8 Å². The molecule has 338 valence electrons. The van der Waals surface area contributed by atoms with E-state index < -0.39 is 62.6 Å². The molecular weight excluding hydrogens is 970 g/mol. The van der Waals surface area contributed by atoms with Gasteiger partial charge in [-0.2, -0.15) is 36.3 Å². The molecule has 22 heteroatoms. The van der Waals surface area contributed by atoms with Crippen LogP contribution in [-0.2, 0) is 35.9 Å². The Hall–Kier alpha value is -4.74. The number of aromatic nitrogens is 2. The van der Waals surface area contributed by atoms with Gasteiger partial charge in [-0.1, -0.05) is 36.4 Å². The van der Waals surface area contributed by atoms with Crippen LogP contribution in [0.3, 0.4) is 0 Å². The molecule has 0 spiro atoms. The molecule has 4 aromatic rings. The fourth-order valence-corrected chi connectivity index (χ4v) is 6.80. The zero-order chi connectivity index (χ0) is 45.8. The first-order valence-electron chi connectivity index (χ1n) is 18.5. The predicted octanol–water partition coefficient (Wildman–Crippen LogP) is 7.18. The molecule has 2 heterocycles. The van der Waals surface area contributed by atoms with E-state index in [2.05, 4.69) is 52.5 Å². The summed E-state index contributed by atoms with van der Waals surface area (Å²) in [6, 6.07) is 13.9. The van der Waals surface area contributed by atoms with Gasteiger partial charge < -0.3 is 50.0 Å². The smallest absolute Gasteiger partial charge is 0.422 e. The molecule has 0 amide bonds. The quantitative estimate of drug-likeness (QED) is 0.0408. The molecule has 0 saturated carbocycles. The molecule has 2 unspecified atom stereocenters. The van der Waals surface area contributed by atoms with Crippen molar-refractivity contribution < 1.29 is 75.3 Å². The molecule has 4 rings (SSSR count). The summed E-state index contributed by atoms with van der Waals surface area (Å²) in [5.41, 5.74) is 5.01. The summed E-state index contributed by atoms with van der Waals surface area (Å²) in [6.45, 7) is -0.217. The molecule has 0 fully saturated rings. The van der Waals surface area contributed by atoms with Gasteiger partial charge in [-0.05, 0) is 91.2 Å². The van der Waals surface area contributed by atoms with Gasteiger partial charge in [-0.25, -0.2) is 0 Å². The number of aliphatic hydroxyl groups excluding tert-OH is 2. The average molecular weight is 1010 g/mol. The minimum Gasteiger partial charge on any atom is -0.481 e. The molecule has 0 aliphatic carbocycles.